The van der Waals surface area contributed by atoms with E-state index >= 15 is 0 Å². The molecule has 0 atom stereocenters. The summed E-state index contributed by atoms with van der Waals surface area (Å²) >= 11 is 7.43. The van der Waals surface area contributed by atoms with Crippen LogP contribution in [0.5, 0.6) is 0 Å². The zero-order chi connectivity index (χ0) is 16.0. The molecule has 114 valence electrons. The highest BCUT2D eigenvalue weighted by atomic mass is 35.5. The summed E-state index contributed by atoms with van der Waals surface area (Å²) in [4.78, 5) is 18.6. The predicted molar refractivity (Wildman–Crippen MR) is 93.6 cm³/mol. The lowest BCUT2D eigenvalue weighted by Crippen LogP contribution is -2.25. The smallest absolute Gasteiger partial charge is 0.295 e. The van der Waals surface area contributed by atoms with Crippen LogP contribution in [0.4, 0.5) is 5.13 Å². The number of rotatable bonds is 2. The van der Waals surface area contributed by atoms with Gasteiger partial charge in [0.05, 0.1) is 10.2 Å². The Morgan fingerprint density at radius 3 is 2.87 bits per heavy atom. The summed E-state index contributed by atoms with van der Waals surface area (Å²) in [5.74, 6) is 0.0281. The first-order valence-electron chi connectivity index (χ1n) is 6.94. The third kappa shape index (κ3) is 2.48. The normalized spacial score (nSPS) is 11.2. The largest absolute Gasteiger partial charge is 0.451 e. The number of carbonyl (C=O) groups excluding carboxylic acids is 1. The minimum absolute atomic E-state index is 0.239. The van der Waals surface area contributed by atoms with Crippen LogP contribution in [0.25, 0.3) is 21.2 Å². The lowest BCUT2D eigenvalue weighted by molar-refractivity contribution is 0.0968. The summed E-state index contributed by atoms with van der Waals surface area (Å²) in [6.45, 7) is 0. The van der Waals surface area contributed by atoms with Gasteiger partial charge in [0, 0.05) is 17.5 Å². The molecule has 2 heterocycles. The molecule has 4 aromatic rings. The number of para-hydroxylation sites is 1. The first kappa shape index (κ1) is 14.2. The molecule has 0 saturated carbocycles. The van der Waals surface area contributed by atoms with Gasteiger partial charge in [-0.15, -0.1) is 0 Å². The van der Waals surface area contributed by atoms with Gasteiger partial charge in [0.25, 0.3) is 5.91 Å². The molecule has 6 heteroatoms. The Labute approximate surface area is 140 Å². The third-order valence-corrected chi connectivity index (χ3v) is 4.91. The highest BCUT2D eigenvalue weighted by Gasteiger charge is 2.20. The number of hydrogen-bond acceptors (Lipinski definition) is 4. The molecule has 0 aliphatic carbocycles. The van der Waals surface area contributed by atoms with Crippen LogP contribution in [-0.4, -0.2) is 17.9 Å². The van der Waals surface area contributed by atoms with Gasteiger partial charge in [-0.1, -0.05) is 35.1 Å². The predicted octanol–water partition coefficient (Wildman–Crippen LogP) is 4.97. The maximum atomic E-state index is 12.6. The van der Waals surface area contributed by atoms with E-state index in [9.17, 15) is 4.79 Å². The average molecular weight is 343 g/mol. The molecule has 1 amide bonds. The van der Waals surface area contributed by atoms with E-state index in [1.807, 2.05) is 24.3 Å². The first-order chi connectivity index (χ1) is 11.1. The fourth-order valence-corrected chi connectivity index (χ4v) is 3.48. The Bertz CT molecular complexity index is 1000. The van der Waals surface area contributed by atoms with E-state index in [4.69, 9.17) is 16.0 Å². The zero-order valence-electron chi connectivity index (χ0n) is 12.1. The van der Waals surface area contributed by atoms with Gasteiger partial charge >= 0.3 is 0 Å². The number of fused-ring (bicyclic) bond motifs is 2. The van der Waals surface area contributed by atoms with E-state index in [0.717, 1.165) is 15.6 Å². The number of halogens is 1. The minimum atomic E-state index is -0.239. The molecule has 4 nitrogen and oxygen atoms in total. The van der Waals surface area contributed by atoms with Crippen LogP contribution in [0.1, 0.15) is 10.6 Å². The standard InChI is InChI=1S/C17H11ClN2O2S/c1-20(17-19-12-4-2-3-5-15(12)23-17)16(21)14-9-10-8-11(18)6-7-13(10)22-14/h2-9H,1H3. The minimum Gasteiger partial charge on any atom is -0.451 e. The fraction of sp³-hybridized carbons (Fsp3) is 0.0588. The Morgan fingerprint density at radius 1 is 1.22 bits per heavy atom. The number of aromatic nitrogens is 1. The Balaban J connectivity index is 1.71. The van der Waals surface area contributed by atoms with Gasteiger partial charge in [-0.25, -0.2) is 4.98 Å². The van der Waals surface area contributed by atoms with Crippen LogP contribution < -0.4 is 4.90 Å². The number of amides is 1. The molecule has 0 N–H and O–H groups in total. The number of benzene rings is 2. The summed E-state index contributed by atoms with van der Waals surface area (Å²) in [6, 6.07) is 14.8. The van der Waals surface area contributed by atoms with Gasteiger partial charge in [0.1, 0.15) is 5.58 Å². The molecular formula is C17H11ClN2O2S. The topological polar surface area (TPSA) is 46.3 Å². The van der Waals surface area contributed by atoms with E-state index < -0.39 is 0 Å². The van der Waals surface area contributed by atoms with Gasteiger partial charge in [-0.05, 0) is 36.4 Å². The van der Waals surface area contributed by atoms with Crippen LogP contribution in [-0.2, 0) is 0 Å². The van der Waals surface area contributed by atoms with E-state index in [0.29, 0.717) is 15.7 Å². The van der Waals surface area contributed by atoms with Crippen LogP contribution in [0.3, 0.4) is 0 Å². The van der Waals surface area contributed by atoms with Crippen LogP contribution in [0, 0.1) is 0 Å². The third-order valence-electron chi connectivity index (χ3n) is 3.56. The van der Waals surface area contributed by atoms with E-state index in [1.54, 1.807) is 31.3 Å². The van der Waals surface area contributed by atoms with Crippen molar-refractivity contribution in [2.24, 2.45) is 0 Å². The molecule has 0 saturated heterocycles. The molecule has 4 rings (SSSR count). The van der Waals surface area contributed by atoms with Gasteiger partial charge < -0.3 is 4.42 Å². The van der Waals surface area contributed by atoms with Crippen molar-refractivity contribution in [3.63, 3.8) is 0 Å². The average Bonchev–Trinajstić information content (AvgIpc) is 3.16. The highest BCUT2D eigenvalue weighted by molar-refractivity contribution is 7.22. The summed E-state index contributed by atoms with van der Waals surface area (Å²) in [6.07, 6.45) is 0. The van der Waals surface area contributed by atoms with Crippen molar-refractivity contribution in [2.75, 3.05) is 11.9 Å². The highest BCUT2D eigenvalue weighted by Crippen LogP contribution is 2.30. The molecule has 0 aliphatic rings. The fourth-order valence-electron chi connectivity index (χ4n) is 2.38. The molecule has 0 bridgehead atoms. The summed E-state index contributed by atoms with van der Waals surface area (Å²) in [7, 11) is 1.69. The van der Waals surface area contributed by atoms with Crippen LogP contribution in [0.15, 0.2) is 52.9 Å². The lowest BCUT2D eigenvalue weighted by Gasteiger charge is -2.11. The summed E-state index contributed by atoms with van der Waals surface area (Å²) in [5.41, 5.74) is 1.51. The quantitative estimate of drug-likeness (QED) is 0.516. The molecule has 2 aromatic heterocycles. The van der Waals surface area contributed by atoms with Crippen molar-refractivity contribution in [1.29, 1.82) is 0 Å². The van der Waals surface area contributed by atoms with Crippen molar-refractivity contribution in [2.45, 2.75) is 0 Å². The number of carbonyl (C=O) groups is 1. The summed E-state index contributed by atoms with van der Waals surface area (Å²) < 4.78 is 6.67. The molecule has 0 spiro atoms. The van der Waals surface area contributed by atoms with Crippen molar-refractivity contribution in [3.8, 4) is 0 Å². The van der Waals surface area contributed by atoms with Crippen molar-refractivity contribution in [3.05, 3.63) is 59.3 Å². The number of furan rings is 1. The Kier molecular flexibility index (Phi) is 3.32. The van der Waals surface area contributed by atoms with E-state index in [-0.39, 0.29) is 11.7 Å². The number of hydrogen-bond donors (Lipinski definition) is 0. The van der Waals surface area contributed by atoms with Crippen molar-refractivity contribution in [1.82, 2.24) is 4.98 Å². The number of nitrogens with zero attached hydrogens (tertiary/aromatic N) is 2. The second-order valence-corrected chi connectivity index (χ2v) is 6.57. The van der Waals surface area contributed by atoms with Gasteiger partial charge in [0.2, 0.25) is 0 Å². The molecule has 0 fully saturated rings. The van der Waals surface area contributed by atoms with Gasteiger partial charge in [0.15, 0.2) is 10.9 Å². The van der Waals surface area contributed by atoms with E-state index in [2.05, 4.69) is 4.98 Å². The Hall–Kier alpha value is -2.37. The lowest BCUT2D eigenvalue weighted by atomic mass is 10.2. The second kappa shape index (κ2) is 5.37. The summed E-state index contributed by atoms with van der Waals surface area (Å²) in [5, 5.41) is 2.05. The molecule has 0 aliphatic heterocycles. The van der Waals surface area contributed by atoms with E-state index in [1.165, 1.54) is 16.2 Å². The van der Waals surface area contributed by atoms with Crippen molar-refractivity contribution < 1.29 is 9.21 Å². The van der Waals surface area contributed by atoms with Crippen molar-refractivity contribution >= 4 is 55.2 Å². The molecular weight excluding hydrogens is 332 g/mol. The first-order valence-corrected chi connectivity index (χ1v) is 8.14. The molecule has 0 unspecified atom stereocenters. The SMILES string of the molecule is CN(C(=O)c1cc2cc(Cl)ccc2o1)c1nc2ccccc2s1. The number of anilines is 1. The maximum absolute atomic E-state index is 12.6. The number of thiazole rings is 1. The van der Waals surface area contributed by atoms with Crippen LogP contribution >= 0.6 is 22.9 Å². The monoisotopic (exact) mass is 342 g/mol. The van der Waals surface area contributed by atoms with Crippen LogP contribution in [0.2, 0.25) is 5.02 Å². The molecule has 0 radical (unpaired) electrons. The van der Waals surface area contributed by atoms with Gasteiger partial charge in [-0.2, -0.15) is 0 Å². The Morgan fingerprint density at radius 2 is 2.04 bits per heavy atom. The zero-order valence-corrected chi connectivity index (χ0v) is 13.7. The molecule has 2 aromatic carbocycles. The second-order valence-electron chi connectivity index (χ2n) is 5.12. The molecule has 23 heavy (non-hydrogen) atoms. The maximum Gasteiger partial charge on any atom is 0.295 e. The van der Waals surface area contributed by atoms with Gasteiger partial charge in [-0.3, -0.25) is 9.69 Å².